The highest BCUT2D eigenvalue weighted by molar-refractivity contribution is 5.82. The predicted molar refractivity (Wildman–Crippen MR) is 65.4 cm³/mol. The topological polar surface area (TPSA) is 65.2 Å². The van der Waals surface area contributed by atoms with Crippen molar-refractivity contribution in [3.05, 3.63) is 42.2 Å². The van der Waals surface area contributed by atoms with Crippen molar-refractivity contribution in [1.29, 1.82) is 0 Å². The highest BCUT2D eigenvalue weighted by Gasteiger charge is 2.14. The lowest BCUT2D eigenvalue weighted by Gasteiger charge is -2.08. The van der Waals surface area contributed by atoms with Gasteiger partial charge in [0.25, 0.3) is 0 Å². The SMILES string of the molecule is COC(=O)[C@H](N)Cc1cc2ccccc2cn1. The molecule has 2 rings (SSSR count). The molecule has 1 atom stereocenters. The molecule has 4 heteroatoms. The van der Waals surface area contributed by atoms with Gasteiger partial charge >= 0.3 is 5.97 Å². The molecule has 0 fully saturated rings. The van der Waals surface area contributed by atoms with Gasteiger partial charge in [-0.2, -0.15) is 0 Å². The summed E-state index contributed by atoms with van der Waals surface area (Å²) in [6.45, 7) is 0. The Labute approximate surface area is 99.4 Å². The average molecular weight is 230 g/mol. The number of hydrogen-bond acceptors (Lipinski definition) is 4. The Hall–Kier alpha value is -1.94. The number of hydrogen-bond donors (Lipinski definition) is 1. The first-order chi connectivity index (χ1) is 8.20. The van der Waals surface area contributed by atoms with Crippen LogP contribution in [0, 0.1) is 0 Å². The summed E-state index contributed by atoms with van der Waals surface area (Å²) in [7, 11) is 1.33. The predicted octanol–water partition coefficient (Wildman–Crippen LogP) is 1.28. The standard InChI is InChI=1S/C13H14N2O2/c1-17-13(16)12(14)7-11-6-9-4-2-3-5-10(9)8-15-11/h2-6,8,12H,7,14H2,1H3/t12-/m1/s1. The molecule has 0 spiro atoms. The van der Waals surface area contributed by atoms with E-state index in [1.807, 2.05) is 30.3 Å². The molecule has 0 bridgehead atoms. The van der Waals surface area contributed by atoms with Gasteiger partial charge in [0.2, 0.25) is 0 Å². The Bertz CT molecular complexity index is 540. The van der Waals surface area contributed by atoms with Gasteiger partial charge in [0.05, 0.1) is 7.11 Å². The van der Waals surface area contributed by atoms with Crippen LogP contribution in [0.2, 0.25) is 0 Å². The number of aromatic nitrogens is 1. The number of esters is 1. The number of pyridine rings is 1. The molecule has 0 aliphatic rings. The Morgan fingerprint density at radius 1 is 1.41 bits per heavy atom. The summed E-state index contributed by atoms with van der Waals surface area (Å²) in [6, 6.07) is 9.21. The first-order valence-corrected chi connectivity index (χ1v) is 5.38. The number of carbonyl (C=O) groups is 1. The van der Waals surface area contributed by atoms with Crippen LogP contribution in [0.4, 0.5) is 0 Å². The van der Waals surface area contributed by atoms with Gasteiger partial charge in [-0.15, -0.1) is 0 Å². The van der Waals surface area contributed by atoms with Gasteiger partial charge in [-0.3, -0.25) is 9.78 Å². The summed E-state index contributed by atoms with van der Waals surface area (Å²) in [6.07, 6.45) is 2.17. The Morgan fingerprint density at radius 3 is 2.82 bits per heavy atom. The second kappa shape index (κ2) is 4.93. The first kappa shape index (κ1) is 11.5. The third-order valence-corrected chi connectivity index (χ3v) is 2.62. The van der Waals surface area contributed by atoms with Gasteiger partial charge in [0.1, 0.15) is 6.04 Å². The van der Waals surface area contributed by atoms with Crippen LogP contribution in [-0.4, -0.2) is 24.1 Å². The molecule has 1 aromatic carbocycles. The lowest BCUT2D eigenvalue weighted by molar-refractivity contribution is -0.142. The van der Waals surface area contributed by atoms with Gasteiger partial charge in [0, 0.05) is 23.7 Å². The van der Waals surface area contributed by atoms with Crippen molar-refractivity contribution in [2.45, 2.75) is 12.5 Å². The lowest BCUT2D eigenvalue weighted by Crippen LogP contribution is -2.33. The van der Waals surface area contributed by atoms with Gasteiger partial charge in [-0.25, -0.2) is 0 Å². The van der Waals surface area contributed by atoms with Gasteiger partial charge in [-0.05, 0) is 11.5 Å². The van der Waals surface area contributed by atoms with Crippen LogP contribution >= 0.6 is 0 Å². The van der Waals surface area contributed by atoms with Crippen LogP contribution in [0.25, 0.3) is 10.8 Å². The van der Waals surface area contributed by atoms with Crippen molar-refractivity contribution in [3.8, 4) is 0 Å². The quantitative estimate of drug-likeness (QED) is 0.807. The molecule has 4 nitrogen and oxygen atoms in total. The highest BCUT2D eigenvalue weighted by Crippen LogP contribution is 2.14. The Balaban J connectivity index is 2.22. The minimum absolute atomic E-state index is 0.386. The second-order valence-electron chi connectivity index (χ2n) is 3.86. The monoisotopic (exact) mass is 230 g/mol. The fraction of sp³-hybridized carbons (Fsp3) is 0.231. The summed E-state index contributed by atoms with van der Waals surface area (Å²) in [4.78, 5) is 15.5. The maximum atomic E-state index is 11.2. The molecule has 0 amide bonds. The molecule has 0 aliphatic heterocycles. The zero-order valence-corrected chi connectivity index (χ0v) is 9.59. The molecule has 1 heterocycles. The van der Waals surface area contributed by atoms with E-state index in [0.29, 0.717) is 6.42 Å². The zero-order valence-electron chi connectivity index (χ0n) is 9.59. The van der Waals surface area contributed by atoms with Crippen molar-refractivity contribution < 1.29 is 9.53 Å². The summed E-state index contributed by atoms with van der Waals surface area (Å²) in [5, 5.41) is 2.16. The lowest BCUT2D eigenvalue weighted by atomic mass is 10.1. The molecule has 17 heavy (non-hydrogen) atoms. The van der Waals surface area contributed by atoms with Crippen LogP contribution in [0.15, 0.2) is 36.5 Å². The Kier molecular flexibility index (Phi) is 3.35. The maximum Gasteiger partial charge on any atom is 0.323 e. The van der Waals surface area contributed by atoms with Crippen LogP contribution < -0.4 is 5.73 Å². The average Bonchev–Trinajstić information content (AvgIpc) is 2.37. The van der Waals surface area contributed by atoms with Crippen LogP contribution in [0.5, 0.6) is 0 Å². The van der Waals surface area contributed by atoms with Crippen molar-refractivity contribution in [1.82, 2.24) is 4.98 Å². The number of nitrogens with zero attached hydrogens (tertiary/aromatic N) is 1. The van der Waals surface area contributed by atoms with E-state index in [1.54, 1.807) is 6.20 Å². The summed E-state index contributed by atoms with van der Waals surface area (Å²) < 4.78 is 4.58. The molecular formula is C13H14N2O2. The summed E-state index contributed by atoms with van der Waals surface area (Å²) >= 11 is 0. The molecule has 0 saturated carbocycles. The normalized spacial score (nSPS) is 12.4. The van der Waals surface area contributed by atoms with E-state index in [4.69, 9.17) is 5.73 Å². The molecule has 0 saturated heterocycles. The smallest absolute Gasteiger partial charge is 0.323 e. The highest BCUT2D eigenvalue weighted by atomic mass is 16.5. The van der Waals surface area contributed by atoms with E-state index >= 15 is 0 Å². The third-order valence-electron chi connectivity index (χ3n) is 2.62. The summed E-state index contributed by atoms with van der Waals surface area (Å²) in [5.74, 6) is -0.417. The number of methoxy groups -OCH3 is 1. The number of ether oxygens (including phenoxy) is 1. The van der Waals surface area contributed by atoms with Crippen molar-refractivity contribution >= 4 is 16.7 Å². The van der Waals surface area contributed by atoms with E-state index in [0.717, 1.165) is 16.5 Å². The number of benzene rings is 1. The molecule has 0 radical (unpaired) electrons. The second-order valence-corrected chi connectivity index (χ2v) is 3.86. The molecule has 1 aromatic heterocycles. The minimum Gasteiger partial charge on any atom is -0.468 e. The fourth-order valence-electron chi connectivity index (χ4n) is 1.70. The number of fused-ring (bicyclic) bond motifs is 1. The largest absolute Gasteiger partial charge is 0.468 e. The number of carbonyl (C=O) groups excluding carboxylic acids is 1. The first-order valence-electron chi connectivity index (χ1n) is 5.38. The molecule has 88 valence electrons. The van der Waals surface area contributed by atoms with Crippen molar-refractivity contribution in [2.24, 2.45) is 5.73 Å². The fourth-order valence-corrected chi connectivity index (χ4v) is 1.70. The summed E-state index contributed by atoms with van der Waals surface area (Å²) in [5.41, 5.74) is 6.48. The van der Waals surface area contributed by atoms with Gasteiger partial charge in [-0.1, -0.05) is 24.3 Å². The van der Waals surface area contributed by atoms with Gasteiger partial charge < -0.3 is 10.5 Å². The molecule has 0 unspecified atom stereocenters. The molecular weight excluding hydrogens is 216 g/mol. The minimum atomic E-state index is -0.659. The van der Waals surface area contributed by atoms with E-state index in [1.165, 1.54) is 7.11 Å². The van der Waals surface area contributed by atoms with Crippen molar-refractivity contribution in [3.63, 3.8) is 0 Å². The van der Waals surface area contributed by atoms with Gasteiger partial charge in [0.15, 0.2) is 0 Å². The third kappa shape index (κ3) is 2.60. The van der Waals surface area contributed by atoms with E-state index in [2.05, 4.69) is 9.72 Å². The van der Waals surface area contributed by atoms with E-state index < -0.39 is 12.0 Å². The number of rotatable bonds is 3. The zero-order chi connectivity index (χ0) is 12.3. The van der Waals surface area contributed by atoms with Crippen molar-refractivity contribution in [2.75, 3.05) is 7.11 Å². The Morgan fingerprint density at radius 2 is 2.12 bits per heavy atom. The van der Waals surface area contributed by atoms with Crippen LogP contribution in [0.1, 0.15) is 5.69 Å². The van der Waals surface area contributed by atoms with Crippen LogP contribution in [0.3, 0.4) is 0 Å². The van der Waals surface area contributed by atoms with Crippen LogP contribution in [-0.2, 0) is 16.0 Å². The molecule has 2 N–H and O–H groups in total. The molecule has 0 aliphatic carbocycles. The van der Waals surface area contributed by atoms with E-state index in [9.17, 15) is 4.79 Å². The van der Waals surface area contributed by atoms with E-state index in [-0.39, 0.29) is 0 Å². The molecule has 2 aromatic rings. The maximum absolute atomic E-state index is 11.2. The number of nitrogens with two attached hydrogens (primary N) is 1.